The molecule has 2 N–H and O–H groups in total. The van der Waals surface area contributed by atoms with Crippen LogP contribution in [0.25, 0.3) is 22.3 Å². The lowest BCUT2D eigenvalue weighted by atomic mass is 10.1. The van der Waals surface area contributed by atoms with Crippen molar-refractivity contribution in [1.29, 1.82) is 0 Å². The largest absolute Gasteiger partial charge is 0.343 e. The Hall–Kier alpha value is -4.06. The van der Waals surface area contributed by atoms with Gasteiger partial charge in [-0.05, 0) is 42.8 Å². The molecule has 2 amide bonds. The average Bonchev–Trinajstić information content (AvgIpc) is 2.79. The number of hydrogen-bond donors (Lipinski definition) is 2. The lowest BCUT2D eigenvalue weighted by molar-refractivity contribution is -0.115. The number of fused-ring (bicyclic) bond motifs is 1. The number of nitrogens with one attached hydrogen (secondary N) is 2. The molecule has 6 nitrogen and oxygen atoms in total. The SMILES string of the molecule is Cc1ccc(-c2cnc3ccccc3n2)cc1NC(=O)CNC(=O)c1ccccc1. The molecule has 0 fully saturated rings. The van der Waals surface area contributed by atoms with Crippen molar-refractivity contribution in [3.63, 3.8) is 0 Å². The molecule has 30 heavy (non-hydrogen) atoms. The predicted octanol–water partition coefficient (Wildman–Crippen LogP) is 3.97. The molecule has 4 rings (SSSR count). The Balaban J connectivity index is 1.47. The highest BCUT2D eigenvalue weighted by atomic mass is 16.2. The van der Waals surface area contributed by atoms with E-state index in [9.17, 15) is 9.59 Å². The number of benzene rings is 3. The molecule has 0 aliphatic rings. The Morgan fingerprint density at radius 1 is 0.900 bits per heavy atom. The van der Waals surface area contributed by atoms with Gasteiger partial charge in [-0.15, -0.1) is 0 Å². The molecule has 1 heterocycles. The maximum atomic E-state index is 12.4. The molecule has 1 aromatic heterocycles. The number of hydrogen-bond acceptors (Lipinski definition) is 4. The second-order valence-electron chi connectivity index (χ2n) is 6.87. The molecule has 0 aliphatic heterocycles. The topological polar surface area (TPSA) is 84.0 Å². The number of amides is 2. The summed E-state index contributed by atoms with van der Waals surface area (Å²) in [6.07, 6.45) is 1.72. The molecular weight excluding hydrogens is 376 g/mol. The van der Waals surface area contributed by atoms with Crippen LogP contribution in [0.5, 0.6) is 0 Å². The van der Waals surface area contributed by atoms with E-state index in [1.54, 1.807) is 30.5 Å². The molecule has 4 aromatic rings. The predicted molar refractivity (Wildman–Crippen MR) is 117 cm³/mol. The summed E-state index contributed by atoms with van der Waals surface area (Å²) in [5.74, 6) is -0.591. The van der Waals surface area contributed by atoms with Gasteiger partial charge < -0.3 is 10.6 Å². The number of carbonyl (C=O) groups is 2. The standard InChI is InChI=1S/C24H20N4O2/c1-16-11-12-18(22-14-25-19-9-5-6-10-20(19)27-22)13-21(16)28-23(29)15-26-24(30)17-7-3-2-4-8-17/h2-14H,15H2,1H3,(H,26,30)(H,28,29). The third-order valence-electron chi connectivity index (χ3n) is 4.70. The molecular formula is C24H20N4O2. The maximum absolute atomic E-state index is 12.4. The molecule has 0 bridgehead atoms. The normalized spacial score (nSPS) is 10.6. The smallest absolute Gasteiger partial charge is 0.251 e. The summed E-state index contributed by atoms with van der Waals surface area (Å²) in [5, 5.41) is 5.49. The van der Waals surface area contributed by atoms with Gasteiger partial charge in [-0.1, -0.05) is 42.5 Å². The molecule has 0 radical (unpaired) electrons. The summed E-state index contributed by atoms with van der Waals surface area (Å²) in [5.41, 5.74) is 5.31. The zero-order valence-corrected chi connectivity index (χ0v) is 16.4. The van der Waals surface area contributed by atoms with E-state index in [-0.39, 0.29) is 18.4 Å². The molecule has 6 heteroatoms. The van der Waals surface area contributed by atoms with Crippen LogP contribution >= 0.6 is 0 Å². The highest BCUT2D eigenvalue weighted by Gasteiger charge is 2.11. The first-order valence-electron chi connectivity index (χ1n) is 9.56. The average molecular weight is 396 g/mol. The molecule has 0 saturated carbocycles. The van der Waals surface area contributed by atoms with Gasteiger partial charge in [0, 0.05) is 16.8 Å². The summed E-state index contributed by atoms with van der Waals surface area (Å²) in [6, 6.07) is 22.2. The van der Waals surface area contributed by atoms with E-state index < -0.39 is 0 Å². The van der Waals surface area contributed by atoms with Crippen LogP contribution < -0.4 is 10.6 Å². The van der Waals surface area contributed by atoms with Crippen LogP contribution in [0.4, 0.5) is 5.69 Å². The fourth-order valence-corrected chi connectivity index (χ4v) is 3.06. The minimum atomic E-state index is -0.302. The number of nitrogens with zero attached hydrogens (tertiary/aromatic N) is 2. The fourth-order valence-electron chi connectivity index (χ4n) is 3.06. The van der Waals surface area contributed by atoms with Crippen molar-refractivity contribution < 1.29 is 9.59 Å². The van der Waals surface area contributed by atoms with Crippen LogP contribution in [-0.2, 0) is 4.79 Å². The Morgan fingerprint density at radius 3 is 2.43 bits per heavy atom. The molecule has 0 aliphatic carbocycles. The van der Waals surface area contributed by atoms with Gasteiger partial charge in [0.05, 0.1) is 29.5 Å². The van der Waals surface area contributed by atoms with Crippen LogP contribution in [0.2, 0.25) is 0 Å². The zero-order chi connectivity index (χ0) is 20.9. The van der Waals surface area contributed by atoms with E-state index in [1.165, 1.54) is 0 Å². The summed E-state index contributed by atoms with van der Waals surface area (Å²) in [7, 11) is 0. The van der Waals surface area contributed by atoms with Crippen LogP contribution in [0.15, 0.2) is 79.0 Å². The summed E-state index contributed by atoms with van der Waals surface area (Å²) >= 11 is 0. The van der Waals surface area contributed by atoms with Crippen LogP contribution in [-0.4, -0.2) is 28.3 Å². The summed E-state index contributed by atoms with van der Waals surface area (Å²) in [4.78, 5) is 33.6. The van der Waals surface area contributed by atoms with Crippen molar-refractivity contribution in [3.05, 3.63) is 90.1 Å². The molecule has 0 atom stereocenters. The minimum absolute atomic E-state index is 0.118. The summed E-state index contributed by atoms with van der Waals surface area (Å²) < 4.78 is 0. The van der Waals surface area contributed by atoms with Crippen molar-refractivity contribution in [1.82, 2.24) is 15.3 Å². The highest BCUT2D eigenvalue weighted by Crippen LogP contribution is 2.25. The molecule has 0 spiro atoms. The van der Waals surface area contributed by atoms with Crippen LogP contribution in [0.3, 0.4) is 0 Å². The van der Waals surface area contributed by atoms with Gasteiger partial charge in [-0.25, -0.2) is 4.98 Å². The number of para-hydroxylation sites is 2. The Bertz CT molecular complexity index is 1220. The minimum Gasteiger partial charge on any atom is -0.343 e. The number of aromatic nitrogens is 2. The van der Waals surface area contributed by atoms with E-state index in [2.05, 4.69) is 20.6 Å². The lowest BCUT2D eigenvalue weighted by Crippen LogP contribution is -2.32. The van der Waals surface area contributed by atoms with Gasteiger partial charge in [0.2, 0.25) is 5.91 Å². The van der Waals surface area contributed by atoms with Crippen molar-refractivity contribution in [3.8, 4) is 11.3 Å². The van der Waals surface area contributed by atoms with E-state index in [4.69, 9.17) is 0 Å². The van der Waals surface area contributed by atoms with Gasteiger partial charge in [0.1, 0.15) is 0 Å². The highest BCUT2D eigenvalue weighted by molar-refractivity contribution is 5.99. The van der Waals surface area contributed by atoms with E-state index in [1.807, 2.05) is 55.5 Å². The van der Waals surface area contributed by atoms with Crippen molar-refractivity contribution in [2.24, 2.45) is 0 Å². The maximum Gasteiger partial charge on any atom is 0.251 e. The zero-order valence-electron chi connectivity index (χ0n) is 16.4. The Morgan fingerprint density at radius 2 is 1.63 bits per heavy atom. The third-order valence-corrected chi connectivity index (χ3v) is 4.70. The van der Waals surface area contributed by atoms with Gasteiger partial charge in [0.25, 0.3) is 5.91 Å². The third kappa shape index (κ3) is 4.33. The Kier molecular flexibility index (Phi) is 5.48. The van der Waals surface area contributed by atoms with Gasteiger partial charge in [-0.3, -0.25) is 14.6 Å². The number of carbonyl (C=O) groups excluding carboxylic acids is 2. The van der Waals surface area contributed by atoms with Crippen LogP contribution in [0.1, 0.15) is 15.9 Å². The van der Waals surface area contributed by atoms with Crippen LogP contribution in [0, 0.1) is 6.92 Å². The van der Waals surface area contributed by atoms with Gasteiger partial charge in [-0.2, -0.15) is 0 Å². The van der Waals surface area contributed by atoms with E-state index in [0.717, 1.165) is 27.9 Å². The molecule has 0 saturated heterocycles. The monoisotopic (exact) mass is 396 g/mol. The van der Waals surface area contributed by atoms with Crippen molar-refractivity contribution >= 4 is 28.5 Å². The number of rotatable bonds is 5. The fraction of sp³-hybridized carbons (Fsp3) is 0.0833. The second-order valence-corrected chi connectivity index (χ2v) is 6.87. The number of aryl methyl sites for hydroxylation is 1. The summed E-state index contributed by atoms with van der Waals surface area (Å²) in [6.45, 7) is 1.79. The quantitative estimate of drug-likeness (QED) is 0.535. The van der Waals surface area contributed by atoms with Gasteiger partial charge in [0.15, 0.2) is 0 Å². The molecule has 0 unspecified atom stereocenters. The Labute approximate surface area is 174 Å². The van der Waals surface area contributed by atoms with Gasteiger partial charge >= 0.3 is 0 Å². The first-order chi connectivity index (χ1) is 14.6. The lowest BCUT2D eigenvalue weighted by Gasteiger charge is -2.11. The first-order valence-corrected chi connectivity index (χ1v) is 9.56. The van der Waals surface area contributed by atoms with E-state index in [0.29, 0.717) is 11.3 Å². The molecule has 148 valence electrons. The first kappa shape index (κ1) is 19.3. The second kappa shape index (κ2) is 8.53. The van der Waals surface area contributed by atoms with Crippen molar-refractivity contribution in [2.45, 2.75) is 6.92 Å². The molecule has 3 aromatic carbocycles. The number of anilines is 1. The van der Waals surface area contributed by atoms with E-state index >= 15 is 0 Å². The van der Waals surface area contributed by atoms with Crippen molar-refractivity contribution in [2.75, 3.05) is 11.9 Å².